The van der Waals surface area contributed by atoms with Crippen LogP contribution in [0, 0.1) is 0 Å². The number of thiazole rings is 1. The van der Waals surface area contributed by atoms with E-state index in [1.165, 1.54) is 0 Å². The van der Waals surface area contributed by atoms with Gasteiger partial charge in [0.2, 0.25) is 0 Å². The van der Waals surface area contributed by atoms with Crippen molar-refractivity contribution in [2.75, 3.05) is 20.2 Å². The van der Waals surface area contributed by atoms with Crippen LogP contribution in [0.25, 0.3) is 0 Å². The Morgan fingerprint density at radius 1 is 1.30 bits per heavy atom. The van der Waals surface area contributed by atoms with Gasteiger partial charge in [-0.25, -0.2) is 4.98 Å². The lowest BCUT2D eigenvalue weighted by Gasteiger charge is -2.15. The van der Waals surface area contributed by atoms with Gasteiger partial charge in [-0.2, -0.15) is 0 Å². The van der Waals surface area contributed by atoms with Crippen LogP contribution in [-0.4, -0.2) is 36.0 Å². The molecule has 0 aliphatic carbocycles. The van der Waals surface area contributed by atoms with E-state index in [9.17, 15) is 4.79 Å². The molecule has 0 radical (unpaired) electrons. The van der Waals surface area contributed by atoms with E-state index in [1.807, 2.05) is 12.1 Å². The van der Waals surface area contributed by atoms with Gasteiger partial charge in [-0.3, -0.25) is 9.69 Å². The maximum absolute atomic E-state index is 12.3. The lowest BCUT2D eigenvalue weighted by Crippen LogP contribution is -2.24. The first-order chi connectivity index (χ1) is 11.2. The number of amides is 1. The summed E-state index contributed by atoms with van der Waals surface area (Å²) in [6, 6.07) is 7.20. The Labute approximate surface area is 141 Å². The molecule has 2 aromatic rings. The number of rotatable bonds is 8. The van der Waals surface area contributed by atoms with E-state index in [1.54, 1.807) is 30.6 Å². The number of ether oxygens (including phenoxy) is 1. The molecule has 1 aromatic carbocycles. The van der Waals surface area contributed by atoms with Crippen molar-refractivity contribution in [2.24, 2.45) is 0 Å². The highest BCUT2D eigenvalue weighted by atomic mass is 32.1. The number of carbonyl (C=O) groups is 1. The average Bonchev–Trinajstić information content (AvgIpc) is 3.05. The zero-order valence-corrected chi connectivity index (χ0v) is 14.7. The molecule has 5 nitrogen and oxygen atoms in total. The molecule has 1 aromatic heterocycles. The predicted octanol–water partition coefficient (Wildman–Crippen LogP) is 2.92. The molecule has 1 amide bonds. The zero-order chi connectivity index (χ0) is 16.7. The van der Waals surface area contributed by atoms with E-state index in [-0.39, 0.29) is 5.91 Å². The Hall–Kier alpha value is -1.92. The van der Waals surface area contributed by atoms with Gasteiger partial charge in [-0.1, -0.05) is 26.0 Å². The molecule has 23 heavy (non-hydrogen) atoms. The predicted molar refractivity (Wildman–Crippen MR) is 92.9 cm³/mol. The number of aromatic nitrogens is 1. The van der Waals surface area contributed by atoms with Crippen molar-refractivity contribution in [1.29, 1.82) is 0 Å². The smallest absolute Gasteiger partial charge is 0.255 e. The number of nitrogens with zero attached hydrogens (tertiary/aromatic N) is 2. The summed E-state index contributed by atoms with van der Waals surface area (Å²) in [6.45, 7) is 7.58. The Kier molecular flexibility index (Phi) is 6.55. The van der Waals surface area contributed by atoms with Gasteiger partial charge in [-0.15, -0.1) is 11.3 Å². The summed E-state index contributed by atoms with van der Waals surface area (Å²) in [6.07, 6.45) is 0. The minimum atomic E-state index is -0.150. The Morgan fingerprint density at radius 2 is 2.04 bits per heavy atom. The fourth-order valence-corrected chi connectivity index (χ4v) is 2.99. The van der Waals surface area contributed by atoms with Gasteiger partial charge in [-0.05, 0) is 25.2 Å². The van der Waals surface area contributed by atoms with Gasteiger partial charge in [0, 0.05) is 11.9 Å². The van der Waals surface area contributed by atoms with Crippen molar-refractivity contribution >= 4 is 17.2 Å². The SMILES string of the molecule is CCN(CC)Cc1csc(CNC(=O)c2ccccc2OC)n1. The molecule has 0 aliphatic heterocycles. The minimum Gasteiger partial charge on any atom is -0.496 e. The van der Waals surface area contributed by atoms with Crippen molar-refractivity contribution in [3.63, 3.8) is 0 Å². The molecule has 6 heteroatoms. The molecule has 0 spiro atoms. The Bertz CT molecular complexity index is 638. The molecule has 2 rings (SSSR count). The highest BCUT2D eigenvalue weighted by Gasteiger charge is 2.12. The third-order valence-corrected chi connectivity index (χ3v) is 4.53. The van der Waals surface area contributed by atoms with Gasteiger partial charge in [0.05, 0.1) is 24.9 Å². The second kappa shape index (κ2) is 8.64. The van der Waals surface area contributed by atoms with Crippen molar-refractivity contribution in [3.8, 4) is 5.75 Å². The fourth-order valence-electron chi connectivity index (χ4n) is 2.26. The summed E-state index contributed by atoms with van der Waals surface area (Å²) in [4.78, 5) is 19.1. The summed E-state index contributed by atoms with van der Waals surface area (Å²) in [5.41, 5.74) is 1.59. The number of nitrogens with one attached hydrogen (secondary N) is 1. The Balaban J connectivity index is 1.93. The van der Waals surface area contributed by atoms with Gasteiger partial charge >= 0.3 is 0 Å². The van der Waals surface area contributed by atoms with Crippen molar-refractivity contribution in [1.82, 2.24) is 15.2 Å². The quantitative estimate of drug-likeness (QED) is 0.807. The van der Waals surface area contributed by atoms with Crippen LogP contribution in [-0.2, 0) is 13.1 Å². The minimum absolute atomic E-state index is 0.150. The van der Waals surface area contributed by atoms with Crippen molar-refractivity contribution in [3.05, 3.63) is 45.9 Å². The van der Waals surface area contributed by atoms with Crippen LogP contribution in [0.2, 0.25) is 0 Å². The molecular weight excluding hydrogens is 310 g/mol. The summed E-state index contributed by atoms with van der Waals surface area (Å²) < 4.78 is 5.21. The van der Waals surface area contributed by atoms with E-state index < -0.39 is 0 Å². The van der Waals surface area contributed by atoms with E-state index in [4.69, 9.17) is 4.74 Å². The molecule has 1 N–H and O–H groups in total. The number of para-hydroxylation sites is 1. The fraction of sp³-hybridized carbons (Fsp3) is 0.412. The topological polar surface area (TPSA) is 54.5 Å². The average molecular weight is 333 g/mol. The van der Waals surface area contributed by atoms with Crippen LogP contribution in [0.15, 0.2) is 29.6 Å². The first kappa shape index (κ1) is 17.4. The first-order valence-electron chi connectivity index (χ1n) is 7.74. The van der Waals surface area contributed by atoms with Gasteiger partial charge in [0.15, 0.2) is 0 Å². The summed E-state index contributed by atoms with van der Waals surface area (Å²) >= 11 is 1.58. The number of methoxy groups -OCH3 is 1. The van der Waals surface area contributed by atoms with Crippen LogP contribution < -0.4 is 10.1 Å². The Morgan fingerprint density at radius 3 is 2.74 bits per heavy atom. The van der Waals surface area contributed by atoms with Gasteiger partial charge in [0.1, 0.15) is 10.8 Å². The molecule has 0 fully saturated rings. The van der Waals surface area contributed by atoms with Crippen LogP contribution in [0.5, 0.6) is 5.75 Å². The molecule has 0 unspecified atom stereocenters. The van der Waals surface area contributed by atoms with Crippen LogP contribution >= 0.6 is 11.3 Å². The lowest BCUT2D eigenvalue weighted by atomic mass is 10.2. The summed E-state index contributed by atoms with van der Waals surface area (Å²) in [5, 5.41) is 5.87. The zero-order valence-electron chi connectivity index (χ0n) is 13.8. The number of benzene rings is 1. The van der Waals surface area contributed by atoms with E-state index >= 15 is 0 Å². The monoisotopic (exact) mass is 333 g/mol. The lowest BCUT2D eigenvalue weighted by molar-refractivity contribution is 0.0948. The standard InChI is InChI=1S/C17H23N3O2S/c1-4-20(5-2)11-13-12-23-16(19-13)10-18-17(21)14-8-6-7-9-15(14)22-3/h6-9,12H,4-5,10-11H2,1-3H3,(H,18,21). The first-order valence-corrected chi connectivity index (χ1v) is 8.62. The number of hydrogen-bond donors (Lipinski definition) is 1. The highest BCUT2D eigenvalue weighted by Crippen LogP contribution is 2.17. The molecular formula is C17H23N3O2S. The van der Waals surface area contributed by atoms with Crippen LogP contribution in [0.3, 0.4) is 0 Å². The highest BCUT2D eigenvalue weighted by molar-refractivity contribution is 7.09. The molecule has 0 saturated heterocycles. The van der Waals surface area contributed by atoms with Crippen molar-refractivity contribution < 1.29 is 9.53 Å². The molecule has 1 heterocycles. The molecule has 0 bridgehead atoms. The van der Waals surface area contributed by atoms with Gasteiger partial charge in [0.25, 0.3) is 5.91 Å². The second-order valence-corrected chi connectivity index (χ2v) is 6.02. The second-order valence-electron chi connectivity index (χ2n) is 5.08. The summed E-state index contributed by atoms with van der Waals surface area (Å²) in [5.74, 6) is 0.425. The number of carbonyl (C=O) groups excluding carboxylic acids is 1. The third kappa shape index (κ3) is 4.77. The molecule has 124 valence electrons. The van der Waals surface area contributed by atoms with E-state index in [0.29, 0.717) is 17.9 Å². The maximum Gasteiger partial charge on any atom is 0.255 e. The summed E-state index contributed by atoms with van der Waals surface area (Å²) in [7, 11) is 1.56. The maximum atomic E-state index is 12.3. The van der Waals surface area contributed by atoms with Crippen molar-refractivity contribution in [2.45, 2.75) is 26.9 Å². The van der Waals surface area contributed by atoms with Crippen LogP contribution in [0.1, 0.15) is 34.9 Å². The largest absolute Gasteiger partial charge is 0.496 e. The molecule has 0 atom stereocenters. The van der Waals surface area contributed by atoms with E-state index in [2.05, 4.69) is 34.4 Å². The van der Waals surface area contributed by atoms with Gasteiger partial charge < -0.3 is 10.1 Å². The normalized spacial score (nSPS) is 10.8. The molecule has 0 saturated carbocycles. The van der Waals surface area contributed by atoms with E-state index in [0.717, 1.165) is 30.3 Å². The third-order valence-electron chi connectivity index (χ3n) is 3.63. The molecule has 0 aliphatic rings. The van der Waals surface area contributed by atoms with Crippen LogP contribution in [0.4, 0.5) is 0 Å². The number of hydrogen-bond acceptors (Lipinski definition) is 5.